The van der Waals surface area contributed by atoms with E-state index in [9.17, 15) is 33.9 Å². The van der Waals surface area contributed by atoms with Crippen LogP contribution in [0.5, 0.6) is 0 Å². The standard InChI is InChI=1S/C38H62N6O8/c1-8-24-25-17-14-22-18-44(29(26(22)25)34(48)42-28(24)30(45)35(49)40-23-15-16-23)36(50)31(38(5,6)7)43-33(47)27(21-12-10-9-11-13-21)41-32(46)20(4)39-37(51)52-19(2)3/h19-29,31,34,42,48H,8-18H2,1-7H3,(H,39,51)(H,40,49)(H,41,46)(H,43,47)/t20-,22+,24?,25?,26-,27+,28+,29+,31-,34?/m1/s1. The number of aliphatic hydroxyl groups is 1. The van der Waals surface area contributed by atoms with Crippen molar-refractivity contribution in [1.82, 2.24) is 31.5 Å². The van der Waals surface area contributed by atoms with Crippen molar-refractivity contribution in [2.75, 3.05) is 6.54 Å². The molecule has 2 saturated heterocycles. The molecule has 0 radical (unpaired) electrons. The molecule has 5 amide bonds. The lowest BCUT2D eigenvalue weighted by Gasteiger charge is -2.39. The second-order valence-corrected chi connectivity index (χ2v) is 17.3. The molecule has 10 atom stereocenters. The molecular weight excluding hydrogens is 668 g/mol. The number of nitrogens with one attached hydrogen (secondary N) is 5. The fraction of sp³-hybridized carbons (Fsp3) is 0.842. The highest BCUT2D eigenvalue weighted by Gasteiger charge is 2.59. The minimum Gasteiger partial charge on any atom is -0.447 e. The Kier molecular flexibility index (Phi) is 12.6. The minimum atomic E-state index is -1.25. The van der Waals surface area contributed by atoms with Gasteiger partial charge in [0.05, 0.1) is 18.2 Å². The number of ketones is 1. The van der Waals surface area contributed by atoms with Gasteiger partial charge in [0.1, 0.15) is 24.4 Å². The number of Topliss-reactive ketones (excluding diaryl/α,β-unsaturated/α-hetero) is 1. The van der Waals surface area contributed by atoms with Gasteiger partial charge in [0, 0.05) is 12.6 Å². The molecule has 292 valence electrons. The topological polar surface area (TPSA) is 195 Å². The number of rotatable bonds is 12. The van der Waals surface area contributed by atoms with Crippen LogP contribution in [0.25, 0.3) is 0 Å². The highest BCUT2D eigenvalue weighted by Crippen LogP contribution is 2.52. The Balaban J connectivity index is 1.35. The molecule has 14 heteroatoms. The van der Waals surface area contributed by atoms with Gasteiger partial charge < -0.3 is 36.0 Å². The van der Waals surface area contributed by atoms with Gasteiger partial charge in [0.25, 0.3) is 5.91 Å². The molecule has 52 heavy (non-hydrogen) atoms. The third kappa shape index (κ3) is 8.91. The molecule has 14 nitrogen and oxygen atoms in total. The monoisotopic (exact) mass is 730 g/mol. The summed E-state index contributed by atoms with van der Waals surface area (Å²) >= 11 is 0. The zero-order valence-electron chi connectivity index (χ0n) is 32.0. The quantitative estimate of drug-likeness (QED) is 0.163. The summed E-state index contributed by atoms with van der Waals surface area (Å²) in [5.41, 5.74) is -0.741. The Morgan fingerprint density at radius 2 is 1.56 bits per heavy atom. The first-order valence-electron chi connectivity index (χ1n) is 19.7. The molecule has 3 saturated carbocycles. The molecule has 0 aromatic rings. The van der Waals surface area contributed by atoms with Crippen LogP contribution in [0.4, 0.5) is 4.79 Å². The van der Waals surface area contributed by atoms with E-state index in [0.29, 0.717) is 13.0 Å². The van der Waals surface area contributed by atoms with E-state index in [1.54, 1.807) is 18.7 Å². The molecule has 3 unspecified atom stereocenters. The van der Waals surface area contributed by atoms with Gasteiger partial charge in [-0.1, -0.05) is 53.4 Å². The van der Waals surface area contributed by atoms with Crippen molar-refractivity contribution >= 4 is 35.5 Å². The summed E-state index contributed by atoms with van der Waals surface area (Å²) in [4.78, 5) is 82.7. The number of likely N-dealkylation sites (tertiary alicyclic amines) is 1. The van der Waals surface area contributed by atoms with Crippen LogP contribution in [0.3, 0.4) is 0 Å². The number of ether oxygens (including phenoxy) is 1. The number of hydrogen-bond donors (Lipinski definition) is 6. The Morgan fingerprint density at radius 1 is 0.885 bits per heavy atom. The van der Waals surface area contributed by atoms with Crippen molar-refractivity contribution in [3.63, 3.8) is 0 Å². The lowest BCUT2D eigenvalue weighted by atomic mass is 9.75. The van der Waals surface area contributed by atoms with E-state index in [1.807, 2.05) is 27.7 Å². The van der Waals surface area contributed by atoms with E-state index in [0.717, 1.165) is 57.8 Å². The van der Waals surface area contributed by atoms with E-state index in [-0.39, 0.29) is 47.6 Å². The van der Waals surface area contributed by atoms with E-state index < -0.39 is 71.5 Å². The van der Waals surface area contributed by atoms with Gasteiger partial charge in [-0.2, -0.15) is 0 Å². The first-order chi connectivity index (χ1) is 24.5. The number of alkyl carbamates (subject to hydrolysis) is 1. The highest BCUT2D eigenvalue weighted by molar-refractivity contribution is 6.38. The molecular formula is C38H62N6O8. The number of carbonyl (C=O) groups excluding carboxylic acids is 6. The number of aliphatic hydroxyl groups excluding tert-OH is 1. The van der Waals surface area contributed by atoms with E-state index in [2.05, 4.69) is 26.6 Å². The smallest absolute Gasteiger partial charge is 0.408 e. The molecule has 5 aliphatic rings. The van der Waals surface area contributed by atoms with Crippen LogP contribution in [0.15, 0.2) is 0 Å². The number of carbonyl (C=O) groups is 6. The predicted molar refractivity (Wildman–Crippen MR) is 192 cm³/mol. The molecule has 2 aliphatic heterocycles. The second-order valence-electron chi connectivity index (χ2n) is 17.3. The fourth-order valence-corrected chi connectivity index (χ4v) is 9.35. The van der Waals surface area contributed by atoms with Crippen LogP contribution in [0.2, 0.25) is 0 Å². The summed E-state index contributed by atoms with van der Waals surface area (Å²) in [6.07, 6.45) is 6.02. The van der Waals surface area contributed by atoms with Crippen LogP contribution >= 0.6 is 0 Å². The normalized spacial score (nSPS) is 30.7. The largest absolute Gasteiger partial charge is 0.447 e. The van der Waals surface area contributed by atoms with E-state index in [1.165, 1.54) is 6.92 Å². The van der Waals surface area contributed by atoms with Crippen LogP contribution in [-0.2, 0) is 28.7 Å². The zero-order valence-corrected chi connectivity index (χ0v) is 32.0. The third-order valence-corrected chi connectivity index (χ3v) is 12.1. The maximum atomic E-state index is 14.8. The van der Waals surface area contributed by atoms with Gasteiger partial charge in [0.15, 0.2) is 0 Å². The maximum absolute atomic E-state index is 14.8. The van der Waals surface area contributed by atoms with Gasteiger partial charge in [-0.3, -0.25) is 29.3 Å². The lowest BCUT2D eigenvalue weighted by molar-refractivity contribution is -0.144. The van der Waals surface area contributed by atoms with Gasteiger partial charge in [-0.15, -0.1) is 0 Å². The van der Waals surface area contributed by atoms with Crippen molar-refractivity contribution in [3.05, 3.63) is 0 Å². The molecule has 3 aliphatic carbocycles. The second kappa shape index (κ2) is 16.4. The molecule has 0 aromatic carbocycles. The highest BCUT2D eigenvalue weighted by atomic mass is 16.6. The average Bonchev–Trinajstić information content (AvgIpc) is 3.71. The summed E-state index contributed by atoms with van der Waals surface area (Å²) in [5.74, 6) is -2.78. The Labute approximate surface area is 308 Å². The van der Waals surface area contributed by atoms with Crippen LogP contribution in [0, 0.1) is 35.0 Å². The SMILES string of the molecule is CCC1C2CC[C@H]3CN(C(=O)[C@@H](NC(=O)[C@@H](NC(=O)[C@@H](C)NC(=O)OC(C)C)C4CCCCC4)C(C)(C)C)[C@H](C(O)N[C@@H]1C(=O)C(=O)NC1CC1)[C@@H]23. The Hall–Kier alpha value is -3.26. The maximum Gasteiger partial charge on any atom is 0.408 e. The van der Waals surface area contributed by atoms with E-state index in [4.69, 9.17) is 4.74 Å². The molecule has 6 N–H and O–H groups in total. The molecule has 0 bridgehead atoms. The molecule has 2 heterocycles. The minimum absolute atomic E-state index is 0.0275. The van der Waals surface area contributed by atoms with Crippen molar-refractivity contribution in [2.45, 2.75) is 161 Å². The molecule has 5 fully saturated rings. The van der Waals surface area contributed by atoms with Gasteiger partial charge in [0.2, 0.25) is 23.5 Å². The van der Waals surface area contributed by atoms with Crippen LogP contribution in [-0.4, -0.2) is 101 Å². The fourth-order valence-electron chi connectivity index (χ4n) is 9.35. The summed E-state index contributed by atoms with van der Waals surface area (Å²) in [6, 6.07) is -4.37. The van der Waals surface area contributed by atoms with E-state index >= 15 is 0 Å². The first-order valence-corrected chi connectivity index (χ1v) is 19.7. The summed E-state index contributed by atoms with van der Waals surface area (Å²) in [7, 11) is 0. The van der Waals surface area contributed by atoms with Crippen LogP contribution < -0.4 is 26.6 Å². The molecule has 0 aromatic heterocycles. The van der Waals surface area contributed by atoms with Crippen molar-refractivity contribution < 1.29 is 38.6 Å². The number of amides is 5. The summed E-state index contributed by atoms with van der Waals surface area (Å²) < 4.78 is 5.12. The lowest BCUT2D eigenvalue weighted by Crippen LogP contribution is -2.63. The first kappa shape index (κ1) is 39.9. The van der Waals surface area contributed by atoms with Gasteiger partial charge in [-0.25, -0.2) is 4.79 Å². The number of nitrogens with zero attached hydrogens (tertiary/aromatic N) is 1. The summed E-state index contributed by atoms with van der Waals surface area (Å²) in [5, 5.41) is 26.1. The number of hydrogen-bond acceptors (Lipinski definition) is 9. The molecule has 5 rings (SSSR count). The van der Waals surface area contributed by atoms with Crippen molar-refractivity contribution in [2.24, 2.45) is 35.0 Å². The van der Waals surface area contributed by atoms with Crippen LogP contribution in [0.1, 0.15) is 113 Å². The Morgan fingerprint density at radius 3 is 2.15 bits per heavy atom. The average molecular weight is 731 g/mol. The predicted octanol–water partition coefficient (Wildman–Crippen LogP) is 2.12. The van der Waals surface area contributed by atoms with Gasteiger partial charge >= 0.3 is 6.09 Å². The van der Waals surface area contributed by atoms with Gasteiger partial charge in [-0.05, 0) is 94.3 Å². The van der Waals surface area contributed by atoms with Crippen molar-refractivity contribution in [3.8, 4) is 0 Å². The summed E-state index contributed by atoms with van der Waals surface area (Å²) in [6.45, 7) is 13.0. The van der Waals surface area contributed by atoms with Crippen molar-refractivity contribution in [1.29, 1.82) is 0 Å². The Bertz CT molecular complexity index is 1360. The third-order valence-electron chi connectivity index (χ3n) is 12.1. The zero-order chi connectivity index (χ0) is 38.1. The molecule has 0 spiro atoms.